The van der Waals surface area contributed by atoms with Gasteiger partial charge in [0.05, 0.1) is 0 Å². The number of esters is 1. The van der Waals surface area contributed by atoms with E-state index in [0.717, 1.165) is 11.1 Å². The molecule has 0 N–H and O–H groups in total. The van der Waals surface area contributed by atoms with Crippen molar-refractivity contribution in [1.82, 2.24) is 0 Å². The molecule has 0 aliphatic carbocycles. The summed E-state index contributed by atoms with van der Waals surface area (Å²) < 4.78 is 5.43. The number of benzene rings is 2. The zero-order valence-electron chi connectivity index (χ0n) is 12.4. The van der Waals surface area contributed by atoms with E-state index < -0.39 is 5.54 Å². The third kappa shape index (κ3) is 2.35. The second kappa shape index (κ2) is 5.60. The fourth-order valence-corrected chi connectivity index (χ4v) is 2.72. The minimum absolute atomic E-state index is 0.234. The summed E-state index contributed by atoms with van der Waals surface area (Å²) in [5, 5.41) is 0. The van der Waals surface area contributed by atoms with Crippen LogP contribution >= 0.6 is 0 Å². The molecule has 3 rings (SSSR count). The average molecular weight is 291 g/mol. The molecule has 1 aliphatic heterocycles. The normalized spacial score (nSPS) is 21.9. The molecule has 2 aromatic carbocycles. The number of ether oxygens (including phenoxy) is 1. The van der Waals surface area contributed by atoms with Gasteiger partial charge in [0.15, 0.2) is 5.54 Å². The Bertz CT molecular complexity index is 722. The van der Waals surface area contributed by atoms with Crippen molar-refractivity contribution in [1.29, 1.82) is 0 Å². The fraction of sp³-hybridized carbons (Fsp3) is 0.158. The standard InChI is InChI=1S/C19H17NO2/c1-3-16(14-10-6-4-7-11-14)19(2)18(21)22-17(20-19)15-12-8-5-9-13-15/h3-13,16H,1H2,2H3/t16-,19+/m0/s1. The van der Waals surface area contributed by atoms with Crippen molar-refractivity contribution in [2.45, 2.75) is 18.4 Å². The van der Waals surface area contributed by atoms with Gasteiger partial charge in [-0.15, -0.1) is 6.58 Å². The maximum Gasteiger partial charge on any atom is 0.341 e. The second-order valence-corrected chi connectivity index (χ2v) is 5.44. The first-order chi connectivity index (χ1) is 10.6. The summed E-state index contributed by atoms with van der Waals surface area (Å²) in [6.45, 7) is 5.68. The van der Waals surface area contributed by atoms with Gasteiger partial charge in [-0.25, -0.2) is 9.79 Å². The van der Waals surface area contributed by atoms with Gasteiger partial charge in [-0.1, -0.05) is 54.6 Å². The number of cyclic esters (lactones) is 1. The van der Waals surface area contributed by atoms with Crippen LogP contribution in [-0.4, -0.2) is 17.4 Å². The summed E-state index contributed by atoms with van der Waals surface area (Å²) in [5.41, 5.74) is 0.805. The molecule has 1 heterocycles. The molecule has 110 valence electrons. The SMILES string of the molecule is C=C[C@@H](c1ccccc1)[C@@]1(C)N=C(c2ccccc2)OC1=O. The highest BCUT2D eigenvalue weighted by Crippen LogP contribution is 2.37. The van der Waals surface area contributed by atoms with Gasteiger partial charge < -0.3 is 4.74 Å². The van der Waals surface area contributed by atoms with Crippen molar-refractivity contribution in [2.24, 2.45) is 4.99 Å². The summed E-state index contributed by atoms with van der Waals surface area (Å²) in [4.78, 5) is 17.1. The lowest BCUT2D eigenvalue weighted by Gasteiger charge is -2.25. The average Bonchev–Trinajstić information content (AvgIpc) is 2.86. The van der Waals surface area contributed by atoms with E-state index in [2.05, 4.69) is 11.6 Å². The summed E-state index contributed by atoms with van der Waals surface area (Å²) in [5.74, 6) is -0.210. The van der Waals surface area contributed by atoms with Crippen LogP contribution in [0, 0.1) is 0 Å². The van der Waals surface area contributed by atoms with Gasteiger partial charge in [-0.05, 0) is 24.6 Å². The van der Waals surface area contributed by atoms with Crippen LogP contribution < -0.4 is 0 Å². The van der Waals surface area contributed by atoms with E-state index in [0.29, 0.717) is 5.90 Å². The van der Waals surface area contributed by atoms with Gasteiger partial charge in [0.25, 0.3) is 0 Å². The van der Waals surface area contributed by atoms with E-state index in [9.17, 15) is 4.79 Å². The van der Waals surface area contributed by atoms with Crippen molar-refractivity contribution in [3.8, 4) is 0 Å². The Hall–Kier alpha value is -2.68. The van der Waals surface area contributed by atoms with Crippen molar-refractivity contribution < 1.29 is 9.53 Å². The topological polar surface area (TPSA) is 38.7 Å². The highest BCUT2D eigenvalue weighted by molar-refractivity contribution is 6.08. The van der Waals surface area contributed by atoms with Crippen LogP contribution in [0.3, 0.4) is 0 Å². The maximum atomic E-state index is 12.5. The number of hydrogen-bond acceptors (Lipinski definition) is 3. The van der Waals surface area contributed by atoms with E-state index in [4.69, 9.17) is 4.74 Å². The molecule has 0 radical (unpaired) electrons. The highest BCUT2D eigenvalue weighted by atomic mass is 16.6. The first-order valence-electron chi connectivity index (χ1n) is 7.20. The number of rotatable bonds is 4. The first kappa shape index (κ1) is 14.3. The molecule has 0 unspecified atom stereocenters. The van der Waals surface area contributed by atoms with E-state index >= 15 is 0 Å². The molecule has 22 heavy (non-hydrogen) atoms. The van der Waals surface area contributed by atoms with Gasteiger partial charge in [-0.2, -0.15) is 0 Å². The van der Waals surface area contributed by atoms with Crippen LogP contribution in [-0.2, 0) is 9.53 Å². The van der Waals surface area contributed by atoms with Crippen molar-refractivity contribution >= 4 is 11.9 Å². The first-order valence-corrected chi connectivity index (χ1v) is 7.20. The second-order valence-electron chi connectivity index (χ2n) is 5.44. The van der Waals surface area contributed by atoms with Crippen LogP contribution in [0.25, 0.3) is 0 Å². The van der Waals surface area contributed by atoms with Crippen LogP contribution in [0.1, 0.15) is 24.0 Å². The van der Waals surface area contributed by atoms with Crippen LogP contribution in [0.5, 0.6) is 0 Å². The number of hydrogen-bond donors (Lipinski definition) is 0. The number of aliphatic imine (C=N–C) groups is 1. The van der Waals surface area contributed by atoms with Crippen molar-refractivity contribution in [3.05, 3.63) is 84.4 Å². The Morgan fingerprint density at radius 3 is 2.27 bits per heavy atom. The van der Waals surface area contributed by atoms with Gasteiger partial charge >= 0.3 is 5.97 Å². The molecule has 2 atom stereocenters. The number of nitrogens with zero attached hydrogens (tertiary/aromatic N) is 1. The zero-order chi connectivity index (χ0) is 15.6. The lowest BCUT2D eigenvalue weighted by molar-refractivity contribution is -0.138. The summed E-state index contributed by atoms with van der Waals surface area (Å²) in [7, 11) is 0. The van der Waals surface area contributed by atoms with Gasteiger partial charge in [0, 0.05) is 11.5 Å². The van der Waals surface area contributed by atoms with Crippen molar-refractivity contribution in [2.75, 3.05) is 0 Å². The van der Waals surface area contributed by atoms with Gasteiger partial charge in [0.1, 0.15) is 0 Å². The predicted molar refractivity (Wildman–Crippen MR) is 86.9 cm³/mol. The Balaban J connectivity index is 2.02. The Kier molecular flexibility index (Phi) is 3.63. The highest BCUT2D eigenvalue weighted by Gasteiger charge is 2.47. The lowest BCUT2D eigenvalue weighted by Crippen LogP contribution is -2.36. The summed E-state index contributed by atoms with van der Waals surface area (Å²) in [6.07, 6.45) is 1.76. The van der Waals surface area contributed by atoms with E-state index in [-0.39, 0.29) is 11.9 Å². The molecule has 0 saturated carbocycles. The Morgan fingerprint density at radius 2 is 1.68 bits per heavy atom. The van der Waals surface area contributed by atoms with E-state index in [1.165, 1.54) is 0 Å². The molecule has 0 amide bonds. The number of carbonyl (C=O) groups is 1. The minimum atomic E-state index is -0.992. The van der Waals surface area contributed by atoms with Crippen molar-refractivity contribution in [3.63, 3.8) is 0 Å². The molecule has 2 aromatic rings. The zero-order valence-corrected chi connectivity index (χ0v) is 12.4. The Morgan fingerprint density at radius 1 is 1.09 bits per heavy atom. The van der Waals surface area contributed by atoms with Crippen LogP contribution in [0.2, 0.25) is 0 Å². The largest absolute Gasteiger partial charge is 0.405 e. The van der Waals surface area contributed by atoms with Crippen LogP contribution in [0.15, 0.2) is 78.3 Å². The Labute approximate surface area is 130 Å². The maximum absolute atomic E-state index is 12.5. The van der Waals surface area contributed by atoms with Crippen LogP contribution in [0.4, 0.5) is 0 Å². The quantitative estimate of drug-likeness (QED) is 0.636. The minimum Gasteiger partial charge on any atom is -0.405 e. The third-order valence-corrected chi connectivity index (χ3v) is 3.96. The molecule has 3 heteroatoms. The van der Waals surface area contributed by atoms with E-state index in [1.807, 2.05) is 60.7 Å². The molecule has 0 bridgehead atoms. The molecule has 1 aliphatic rings. The molecule has 0 saturated heterocycles. The molecule has 0 aromatic heterocycles. The molecule has 0 spiro atoms. The molecular formula is C19H17NO2. The molecule has 0 fully saturated rings. The lowest BCUT2D eigenvalue weighted by atomic mass is 9.81. The monoisotopic (exact) mass is 291 g/mol. The third-order valence-electron chi connectivity index (χ3n) is 3.96. The summed E-state index contributed by atoms with van der Waals surface area (Å²) >= 11 is 0. The van der Waals surface area contributed by atoms with Gasteiger partial charge in [-0.3, -0.25) is 0 Å². The molecular weight excluding hydrogens is 274 g/mol. The van der Waals surface area contributed by atoms with Gasteiger partial charge in [0.2, 0.25) is 5.90 Å². The van der Waals surface area contributed by atoms with E-state index in [1.54, 1.807) is 13.0 Å². The predicted octanol–water partition coefficient (Wildman–Crippen LogP) is 3.72. The smallest absolute Gasteiger partial charge is 0.341 e. The number of carbonyl (C=O) groups excluding carboxylic acids is 1. The molecule has 3 nitrogen and oxygen atoms in total. The summed E-state index contributed by atoms with van der Waals surface area (Å²) in [6, 6.07) is 19.2. The fourth-order valence-electron chi connectivity index (χ4n) is 2.72.